The zero-order chi connectivity index (χ0) is 13.4. The van der Waals surface area contributed by atoms with E-state index in [2.05, 4.69) is 4.99 Å². The Morgan fingerprint density at radius 1 is 1.39 bits per heavy atom. The number of amidine groups is 1. The first-order chi connectivity index (χ1) is 8.45. The second-order valence-corrected chi connectivity index (χ2v) is 5.87. The molecule has 7 heteroatoms. The molecule has 2 N–H and O–H groups in total. The third-order valence-electron chi connectivity index (χ3n) is 3.30. The lowest BCUT2D eigenvalue weighted by Gasteiger charge is -2.40. The van der Waals surface area contributed by atoms with E-state index in [4.69, 9.17) is 9.47 Å². The molecule has 0 aromatic rings. The third-order valence-corrected chi connectivity index (χ3v) is 4.61. The van der Waals surface area contributed by atoms with Crippen molar-refractivity contribution in [3.8, 4) is 0 Å². The number of ether oxygens (including phenoxy) is 2. The number of aliphatic hydroxyl groups is 2. The molecule has 2 heterocycles. The van der Waals surface area contributed by atoms with Gasteiger partial charge in [0.1, 0.15) is 29.8 Å². The topological polar surface area (TPSA) is 74.5 Å². The van der Waals surface area contributed by atoms with Gasteiger partial charge in [-0.1, -0.05) is 11.8 Å². The van der Waals surface area contributed by atoms with Crippen molar-refractivity contribution >= 4 is 16.9 Å². The molecule has 2 unspecified atom stereocenters. The van der Waals surface area contributed by atoms with Crippen LogP contribution in [0.5, 0.6) is 0 Å². The van der Waals surface area contributed by atoms with Crippen molar-refractivity contribution in [2.45, 2.75) is 42.8 Å². The highest BCUT2D eigenvalue weighted by molar-refractivity contribution is 8.14. The second kappa shape index (κ2) is 5.34. The van der Waals surface area contributed by atoms with Gasteiger partial charge in [-0.25, -0.2) is 0 Å². The Morgan fingerprint density at radius 2 is 2.06 bits per heavy atom. The van der Waals surface area contributed by atoms with Gasteiger partial charge in [-0.2, -0.15) is 0 Å². The van der Waals surface area contributed by atoms with Gasteiger partial charge in [0.2, 0.25) is 0 Å². The summed E-state index contributed by atoms with van der Waals surface area (Å²) in [4.78, 5) is 6.27. The minimum absolute atomic E-state index is 0.261. The zero-order valence-electron chi connectivity index (χ0n) is 11.0. The summed E-state index contributed by atoms with van der Waals surface area (Å²) < 4.78 is 11.0. The summed E-state index contributed by atoms with van der Waals surface area (Å²) >= 11 is 1.47. The van der Waals surface area contributed by atoms with Crippen molar-refractivity contribution in [3.05, 3.63) is 0 Å². The number of nitrogens with zero attached hydrogens (tertiary/aromatic N) is 2. The molecule has 2 aliphatic heterocycles. The van der Waals surface area contributed by atoms with Crippen molar-refractivity contribution in [2.75, 3.05) is 21.2 Å². The first-order valence-electron chi connectivity index (χ1n) is 5.92. The predicted octanol–water partition coefficient (Wildman–Crippen LogP) is -0.499. The normalized spacial score (nSPS) is 41.2. The molecule has 6 atom stereocenters. The summed E-state index contributed by atoms with van der Waals surface area (Å²) in [6.07, 6.45) is -2.71. The predicted molar refractivity (Wildman–Crippen MR) is 69.6 cm³/mol. The molecule has 18 heavy (non-hydrogen) atoms. The Balaban J connectivity index is 2.14. The van der Waals surface area contributed by atoms with Crippen LogP contribution >= 0.6 is 11.8 Å². The standard InChI is InChI=1S/C11H20N2O4S/c1-5(16-4)9-8(15)7(14)6-10(17-9)18-11(12-6)13(2)3/h5-10,14-15H,1-4H3/t5-,6+,7?,8-,9?,10+/m0/s1. The van der Waals surface area contributed by atoms with E-state index in [1.807, 2.05) is 25.9 Å². The number of thioether (sulfide) groups is 1. The van der Waals surface area contributed by atoms with Crippen LogP contribution in [-0.4, -0.2) is 77.4 Å². The summed E-state index contributed by atoms with van der Waals surface area (Å²) in [7, 11) is 5.34. The molecule has 0 radical (unpaired) electrons. The maximum absolute atomic E-state index is 10.1. The summed E-state index contributed by atoms with van der Waals surface area (Å²) in [5, 5.41) is 21.0. The van der Waals surface area contributed by atoms with Crippen LogP contribution < -0.4 is 0 Å². The molecule has 0 aromatic carbocycles. The minimum Gasteiger partial charge on any atom is -0.388 e. The van der Waals surface area contributed by atoms with Gasteiger partial charge in [-0.3, -0.25) is 4.99 Å². The van der Waals surface area contributed by atoms with Crippen molar-refractivity contribution < 1.29 is 19.7 Å². The van der Waals surface area contributed by atoms with Crippen LogP contribution in [0.4, 0.5) is 0 Å². The number of aliphatic hydroxyl groups excluding tert-OH is 2. The van der Waals surface area contributed by atoms with Crippen LogP contribution in [0.1, 0.15) is 6.92 Å². The summed E-state index contributed by atoms with van der Waals surface area (Å²) in [5.74, 6) is 0. The molecule has 104 valence electrons. The monoisotopic (exact) mass is 276 g/mol. The quantitative estimate of drug-likeness (QED) is 0.708. The van der Waals surface area contributed by atoms with Crippen LogP contribution in [0.25, 0.3) is 0 Å². The highest BCUT2D eigenvalue weighted by Gasteiger charge is 2.49. The maximum Gasteiger partial charge on any atom is 0.161 e. The molecule has 0 aromatic heterocycles. The van der Waals surface area contributed by atoms with Crippen LogP contribution in [0.15, 0.2) is 4.99 Å². The average Bonchev–Trinajstić information content (AvgIpc) is 2.77. The Labute approximate surface area is 111 Å². The lowest BCUT2D eigenvalue weighted by Crippen LogP contribution is -2.58. The summed E-state index contributed by atoms with van der Waals surface area (Å²) in [5.41, 5.74) is -0.261. The van der Waals surface area contributed by atoms with Gasteiger partial charge in [-0.05, 0) is 6.92 Å². The second-order valence-electron chi connectivity index (χ2n) is 4.81. The van der Waals surface area contributed by atoms with Gasteiger partial charge < -0.3 is 24.6 Å². The SMILES string of the molecule is CO[C@@H](C)C1O[C@@H]2SC(N(C)C)=N[C@@H]2C(O)[C@@H]1O. The average molecular weight is 276 g/mol. The van der Waals surface area contributed by atoms with Gasteiger partial charge in [0.15, 0.2) is 5.17 Å². The van der Waals surface area contributed by atoms with Crippen molar-refractivity contribution in [3.63, 3.8) is 0 Å². The molecule has 1 saturated heterocycles. The van der Waals surface area contributed by atoms with Gasteiger partial charge in [0.25, 0.3) is 0 Å². The van der Waals surface area contributed by atoms with Gasteiger partial charge >= 0.3 is 0 Å². The molecule has 0 bridgehead atoms. The van der Waals surface area contributed by atoms with E-state index in [1.54, 1.807) is 7.11 Å². The summed E-state index contributed by atoms with van der Waals surface area (Å²) in [6, 6.07) is -0.414. The Morgan fingerprint density at radius 3 is 2.61 bits per heavy atom. The van der Waals surface area contributed by atoms with Gasteiger partial charge in [-0.15, -0.1) is 0 Å². The number of hydrogen-bond acceptors (Lipinski definition) is 7. The Kier molecular flexibility index (Phi) is 4.18. The number of hydrogen-bond donors (Lipinski definition) is 2. The molecular weight excluding hydrogens is 256 g/mol. The van der Waals surface area contributed by atoms with Gasteiger partial charge in [0.05, 0.1) is 6.10 Å². The Bertz CT molecular complexity index is 339. The van der Waals surface area contributed by atoms with Crippen LogP contribution in [0.2, 0.25) is 0 Å². The van der Waals surface area contributed by atoms with Crippen molar-refractivity contribution in [2.24, 2.45) is 4.99 Å². The molecule has 0 amide bonds. The molecule has 2 aliphatic rings. The fourth-order valence-corrected chi connectivity index (χ4v) is 3.26. The van der Waals surface area contributed by atoms with E-state index < -0.39 is 24.4 Å². The first kappa shape index (κ1) is 14.1. The largest absolute Gasteiger partial charge is 0.388 e. The molecule has 0 spiro atoms. The number of rotatable bonds is 2. The van der Waals surface area contributed by atoms with Crippen molar-refractivity contribution in [1.29, 1.82) is 0 Å². The van der Waals surface area contributed by atoms with E-state index >= 15 is 0 Å². The smallest absolute Gasteiger partial charge is 0.161 e. The highest BCUT2D eigenvalue weighted by atomic mass is 32.2. The lowest BCUT2D eigenvalue weighted by molar-refractivity contribution is -0.186. The van der Waals surface area contributed by atoms with E-state index in [9.17, 15) is 10.2 Å². The maximum atomic E-state index is 10.1. The molecule has 0 saturated carbocycles. The molecule has 1 fully saturated rings. The molecule has 6 nitrogen and oxygen atoms in total. The van der Waals surface area contributed by atoms with E-state index in [0.717, 1.165) is 5.17 Å². The van der Waals surface area contributed by atoms with Gasteiger partial charge in [0, 0.05) is 21.2 Å². The number of methoxy groups -OCH3 is 1. The third kappa shape index (κ3) is 2.37. The van der Waals surface area contributed by atoms with Crippen LogP contribution in [0, 0.1) is 0 Å². The first-order valence-corrected chi connectivity index (χ1v) is 6.80. The summed E-state index contributed by atoms with van der Waals surface area (Å²) in [6.45, 7) is 1.81. The van der Waals surface area contributed by atoms with E-state index in [0.29, 0.717) is 0 Å². The Hall–Kier alpha value is -0.340. The lowest BCUT2D eigenvalue weighted by atomic mass is 9.95. The molecule has 0 aliphatic carbocycles. The fraction of sp³-hybridized carbons (Fsp3) is 0.909. The van der Waals surface area contributed by atoms with Crippen molar-refractivity contribution in [1.82, 2.24) is 4.90 Å². The minimum atomic E-state index is -0.980. The number of aliphatic imine (C=N–C) groups is 1. The molecule has 2 rings (SSSR count). The zero-order valence-corrected chi connectivity index (χ0v) is 11.8. The highest BCUT2D eigenvalue weighted by Crippen LogP contribution is 2.37. The van der Waals surface area contributed by atoms with E-state index in [-0.39, 0.29) is 11.5 Å². The number of fused-ring (bicyclic) bond motifs is 1. The van der Waals surface area contributed by atoms with Crippen LogP contribution in [-0.2, 0) is 9.47 Å². The van der Waals surface area contributed by atoms with Crippen LogP contribution in [0.3, 0.4) is 0 Å². The fourth-order valence-electron chi connectivity index (χ4n) is 2.11. The molecular formula is C11H20N2O4S. The van der Waals surface area contributed by atoms with E-state index in [1.165, 1.54) is 11.8 Å².